The zero-order valence-electron chi connectivity index (χ0n) is 28.4. The van der Waals surface area contributed by atoms with Gasteiger partial charge < -0.3 is 31.1 Å². The van der Waals surface area contributed by atoms with E-state index in [1.54, 1.807) is 34.8 Å². The third-order valence-electron chi connectivity index (χ3n) is 9.25. The average molecular weight is 655 g/mol. The van der Waals surface area contributed by atoms with Gasteiger partial charge in [0.2, 0.25) is 11.8 Å². The Labute approximate surface area is 277 Å². The lowest BCUT2D eigenvalue weighted by Crippen LogP contribution is -2.57. The maximum Gasteiger partial charge on any atom is 0.315 e. The highest BCUT2D eigenvalue weighted by Gasteiger charge is 2.35. The number of urea groups is 1. The highest BCUT2D eigenvalue weighted by molar-refractivity contribution is 6.00. The van der Waals surface area contributed by atoms with Crippen molar-refractivity contribution in [3.05, 3.63) is 47.5 Å². The molecule has 4 rings (SSSR count). The summed E-state index contributed by atoms with van der Waals surface area (Å²) in [5, 5.41) is 15.4. The van der Waals surface area contributed by atoms with Gasteiger partial charge in [0.15, 0.2) is 0 Å². The predicted octanol–water partition coefficient (Wildman–Crippen LogP) is 3.70. The van der Waals surface area contributed by atoms with E-state index in [4.69, 9.17) is 0 Å². The fourth-order valence-corrected chi connectivity index (χ4v) is 6.42. The van der Waals surface area contributed by atoms with Crippen molar-refractivity contribution < 1.29 is 23.6 Å². The number of nitrogens with zero attached hydrogens (tertiary/aromatic N) is 4. The van der Waals surface area contributed by atoms with Gasteiger partial charge in [-0.1, -0.05) is 38.7 Å². The van der Waals surface area contributed by atoms with Crippen LogP contribution in [0.4, 0.5) is 14.9 Å². The number of halogens is 1. The summed E-state index contributed by atoms with van der Waals surface area (Å²) in [4.78, 5) is 57.3. The molecule has 0 spiro atoms. The summed E-state index contributed by atoms with van der Waals surface area (Å²) in [5.74, 6) is -2.44. The number of benzene rings is 1. The molecule has 5 amide bonds. The first-order chi connectivity index (χ1) is 22.5. The molecule has 4 N–H and O–H groups in total. The number of piperazine rings is 1. The molecular formula is C34H51FN8O4. The number of amides is 5. The minimum atomic E-state index is -0.927. The number of hydrogen-bond donors (Lipinski definition) is 4. The number of carbonyl (C=O) groups is 4. The summed E-state index contributed by atoms with van der Waals surface area (Å²) in [6.45, 7) is 10.3. The molecule has 1 aromatic carbocycles. The summed E-state index contributed by atoms with van der Waals surface area (Å²) in [7, 11) is 1.99. The van der Waals surface area contributed by atoms with E-state index < -0.39 is 41.7 Å². The van der Waals surface area contributed by atoms with Crippen LogP contribution >= 0.6 is 0 Å². The van der Waals surface area contributed by atoms with Crippen LogP contribution in [-0.4, -0.2) is 94.7 Å². The van der Waals surface area contributed by atoms with Crippen LogP contribution in [0.3, 0.4) is 0 Å². The van der Waals surface area contributed by atoms with Crippen LogP contribution in [0.15, 0.2) is 30.5 Å². The summed E-state index contributed by atoms with van der Waals surface area (Å²) in [5.41, 5.74) is 0.837. The lowest BCUT2D eigenvalue weighted by atomic mass is 9.90. The van der Waals surface area contributed by atoms with Crippen molar-refractivity contribution in [3.8, 4) is 0 Å². The van der Waals surface area contributed by atoms with Gasteiger partial charge in [-0.3, -0.25) is 19.1 Å². The Morgan fingerprint density at radius 2 is 1.62 bits per heavy atom. The maximum absolute atomic E-state index is 15.7. The normalized spacial score (nSPS) is 18.1. The average Bonchev–Trinajstić information content (AvgIpc) is 3.37. The molecule has 258 valence electrons. The van der Waals surface area contributed by atoms with Crippen molar-refractivity contribution in [3.63, 3.8) is 0 Å². The summed E-state index contributed by atoms with van der Waals surface area (Å²) >= 11 is 0. The number of likely N-dealkylation sites (N-methyl/N-ethyl adjacent to an activating group) is 1. The molecule has 3 atom stereocenters. The Morgan fingerprint density at radius 1 is 0.936 bits per heavy atom. The van der Waals surface area contributed by atoms with Crippen LogP contribution in [0.2, 0.25) is 0 Å². The van der Waals surface area contributed by atoms with Crippen molar-refractivity contribution >= 4 is 29.4 Å². The van der Waals surface area contributed by atoms with Gasteiger partial charge in [-0.05, 0) is 70.3 Å². The molecule has 1 aliphatic carbocycles. The van der Waals surface area contributed by atoms with E-state index in [9.17, 15) is 19.2 Å². The molecule has 2 aliphatic rings. The molecule has 13 heteroatoms. The summed E-state index contributed by atoms with van der Waals surface area (Å²) < 4.78 is 17.3. The van der Waals surface area contributed by atoms with Gasteiger partial charge in [-0.25, -0.2) is 9.18 Å². The smallest absolute Gasteiger partial charge is 0.315 e. The molecule has 2 heterocycles. The first-order valence-electron chi connectivity index (χ1n) is 17.0. The van der Waals surface area contributed by atoms with Crippen molar-refractivity contribution in [2.75, 3.05) is 38.5 Å². The Hall–Kier alpha value is -4.00. The van der Waals surface area contributed by atoms with Gasteiger partial charge in [0.05, 0.1) is 5.69 Å². The fourth-order valence-electron chi connectivity index (χ4n) is 6.42. The third kappa shape index (κ3) is 9.52. The van der Waals surface area contributed by atoms with Crippen LogP contribution in [0.25, 0.3) is 0 Å². The van der Waals surface area contributed by atoms with Gasteiger partial charge in [0, 0.05) is 50.9 Å². The van der Waals surface area contributed by atoms with E-state index in [0.717, 1.165) is 51.6 Å². The van der Waals surface area contributed by atoms with E-state index >= 15 is 4.39 Å². The number of hydrogen-bond acceptors (Lipinski definition) is 6. The Bertz CT molecular complexity index is 1380. The molecule has 2 aromatic rings. The lowest BCUT2D eigenvalue weighted by Gasteiger charge is -2.36. The van der Waals surface area contributed by atoms with E-state index in [1.165, 1.54) is 12.1 Å². The largest absolute Gasteiger partial charge is 0.339 e. The second-order valence-electron chi connectivity index (χ2n) is 13.1. The molecule has 0 bridgehead atoms. The number of rotatable bonds is 11. The Kier molecular flexibility index (Phi) is 12.7. The molecule has 0 unspecified atom stereocenters. The monoisotopic (exact) mass is 654 g/mol. The first-order valence-corrected chi connectivity index (χ1v) is 17.0. The SMILES string of the molecule is CCn1nccc1C(=O)N[C@H](C(=O)Nc1ccc([C@H](C)[C@@H](NC(=O)NC(C)C)C(=O)N2CCN(C)CC2)cc1F)C1CCCCCC1. The van der Waals surface area contributed by atoms with Crippen LogP contribution < -0.4 is 21.3 Å². The topological polar surface area (TPSA) is 141 Å². The van der Waals surface area contributed by atoms with Crippen LogP contribution in [0.1, 0.15) is 88.2 Å². The zero-order chi connectivity index (χ0) is 34.1. The molecular weight excluding hydrogens is 603 g/mol. The number of nitrogens with one attached hydrogen (secondary N) is 4. The van der Waals surface area contributed by atoms with Gasteiger partial charge in [0.25, 0.3) is 5.91 Å². The summed E-state index contributed by atoms with van der Waals surface area (Å²) in [6.07, 6.45) is 7.16. The van der Waals surface area contributed by atoms with Gasteiger partial charge >= 0.3 is 6.03 Å². The number of carbonyl (C=O) groups excluding carboxylic acids is 4. The minimum absolute atomic E-state index is 0.0233. The van der Waals surface area contributed by atoms with Crippen LogP contribution in [-0.2, 0) is 16.1 Å². The van der Waals surface area contributed by atoms with Gasteiger partial charge in [-0.15, -0.1) is 0 Å². The molecule has 12 nitrogen and oxygen atoms in total. The zero-order valence-corrected chi connectivity index (χ0v) is 28.4. The first kappa shape index (κ1) is 35.8. The summed E-state index contributed by atoms with van der Waals surface area (Å²) in [6, 6.07) is 3.66. The van der Waals surface area contributed by atoms with Crippen molar-refractivity contribution in [2.24, 2.45) is 5.92 Å². The molecule has 47 heavy (non-hydrogen) atoms. The second kappa shape index (κ2) is 16.7. The number of aryl methyl sites for hydroxylation is 1. The predicted molar refractivity (Wildman–Crippen MR) is 178 cm³/mol. The van der Waals surface area contributed by atoms with E-state index in [1.807, 2.05) is 27.8 Å². The maximum atomic E-state index is 15.7. The van der Waals surface area contributed by atoms with E-state index in [-0.39, 0.29) is 23.6 Å². The molecule has 1 aromatic heterocycles. The highest BCUT2D eigenvalue weighted by Crippen LogP contribution is 2.29. The van der Waals surface area contributed by atoms with Gasteiger partial charge in [-0.2, -0.15) is 5.10 Å². The van der Waals surface area contributed by atoms with Crippen molar-refractivity contribution in [1.82, 2.24) is 35.5 Å². The molecule has 1 saturated carbocycles. The quantitative estimate of drug-likeness (QED) is 0.273. The van der Waals surface area contributed by atoms with Crippen LogP contribution in [0, 0.1) is 11.7 Å². The second-order valence-corrected chi connectivity index (χ2v) is 13.1. The number of anilines is 1. The minimum Gasteiger partial charge on any atom is -0.339 e. The standard InChI is InChI=1S/C34H51FN8O4/c1-6-43-28(15-16-36-43)31(44)39-30(24-11-9-7-8-10-12-24)32(45)38-27-14-13-25(21-26(27)35)23(4)29(40-34(47)37-22(2)3)33(46)42-19-17-41(5)18-20-42/h13-16,21-24,29-30H,6-12,17-20H2,1-5H3,(H,38,45)(H,39,44)(H2,37,40,47)/t23-,29+,30-/m0/s1. The highest BCUT2D eigenvalue weighted by atomic mass is 19.1. The van der Waals surface area contributed by atoms with E-state index in [2.05, 4.69) is 31.3 Å². The Balaban J connectivity index is 1.53. The third-order valence-corrected chi connectivity index (χ3v) is 9.25. The van der Waals surface area contributed by atoms with Crippen molar-refractivity contribution in [2.45, 2.75) is 96.8 Å². The lowest BCUT2D eigenvalue weighted by molar-refractivity contribution is -0.135. The molecule has 1 saturated heterocycles. The Morgan fingerprint density at radius 3 is 2.23 bits per heavy atom. The van der Waals surface area contributed by atoms with E-state index in [0.29, 0.717) is 30.9 Å². The molecule has 1 aliphatic heterocycles. The number of aromatic nitrogens is 2. The van der Waals surface area contributed by atoms with Gasteiger partial charge in [0.1, 0.15) is 23.6 Å². The molecule has 2 fully saturated rings. The molecule has 0 radical (unpaired) electrons. The van der Waals surface area contributed by atoms with Crippen molar-refractivity contribution in [1.29, 1.82) is 0 Å². The van der Waals surface area contributed by atoms with Crippen LogP contribution in [0.5, 0.6) is 0 Å². The fraction of sp³-hybridized carbons (Fsp3) is 0.618.